The number of hydrogen-bond acceptors (Lipinski definition) is 6. The predicted octanol–water partition coefficient (Wildman–Crippen LogP) is 3.58. The van der Waals surface area contributed by atoms with Gasteiger partial charge < -0.3 is 19.7 Å². The van der Waals surface area contributed by atoms with Crippen LogP contribution < -0.4 is 19.1 Å². The number of para-hydroxylation sites is 2. The summed E-state index contributed by atoms with van der Waals surface area (Å²) < 4.78 is 36.9. The Kier molecular flexibility index (Phi) is 10.4. The average Bonchev–Trinajstić information content (AvgIpc) is 2.83. The smallest absolute Gasteiger partial charge is 0.242 e. The SMILES string of the molecule is COc1ccc(CN(C(=O)CCCN(c2ccccc2OC)S(C)(=O)=O)C(C)C(=O)NC(C)(C)C)cc1. The third-order valence-corrected chi connectivity index (χ3v) is 6.86. The van der Waals surface area contributed by atoms with Crippen LogP contribution in [0.25, 0.3) is 0 Å². The number of methoxy groups -OCH3 is 2. The Morgan fingerprint density at radius 2 is 1.62 bits per heavy atom. The third kappa shape index (κ3) is 8.96. The third-order valence-electron chi connectivity index (χ3n) is 5.68. The van der Waals surface area contributed by atoms with E-state index in [4.69, 9.17) is 9.47 Å². The largest absolute Gasteiger partial charge is 0.497 e. The van der Waals surface area contributed by atoms with E-state index in [0.29, 0.717) is 17.2 Å². The van der Waals surface area contributed by atoms with Gasteiger partial charge in [-0.1, -0.05) is 24.3 Å². The molecule has 0 bridgehead atoms. The quantitative estimate of drug-likeness (QED) is 0.447. The highest BCUT2D eigenvalue weighted by molar-refractivity contribution is 7.92. The van der Waals surface area contributed by atoms with E-state index in [9.17, 15) is 18.0 Å². The Hall–Kier alpha value is -3.27. The number of sulfonamides is 1. The Morgan fingerprint density at radius 3 is 2.16 bits per heavy atom. The number of nitrogens with one attached hydrogen (secondary N) is 1. The molecule has 0 saturated carbocycles. The van der Waals surface area contributed by atoms with E-state index in [1.165, 1.54) is 16.3 Å². The molecule has 10 heteroatoms. The number of rotatable bonds is 12. The van der Waals surface area contributed by atoms with Crippen LogP contribution in [-0.2, 0) is 26.2 Å². The minimum atomic E-state index is -3.62. The first-order valence-corrected chi connectivity index (χ1v) is 14.0. The fourth-order valence-electron chi connectivity index (χ4n) is 3.80. The normalized spacial score (nSPS) is 12.4. The summed E-state index contributed by atoms with van der Waals surface area (Å²) in [7, 11) is -0.568. The van der Waals surface area contributed by atoms with Crippen LogP contribution in [0.1, 0.15) is 46.1 Å². The molecule has 2 aromatic rings. The Balaban J connectivity index is 2.22. The summed E-state index contributed by atoms with van der Waals surface area (Å²) in [4.78, 5) is 27.9. The zero-order valence-electron chi connectivity index (χ0n) is 22.8. The topological polar surface area (TPSA) is 105 Å². The molecule has 1 unspecified atom stereocenters. The van der Waals surface area contributed by atoms with Crippen molar-refractivity contribution in [1.82, 2.24) is 10.2 Å². The van der Waals surface area contributed by atoms with Gasteiger partial charge in [0.1, 0.15) is 17.5 Å². The van der Waals surface area contributed by atoms with Gasteiger partial charge in [-0.2, -0.15) is 0 Å². The van der Waals surface area contributed by atoms with Gasteiger partial charge in [0.15, 0.2) is 0 Å². The van der Waals surface area contributed by atoms with Gasteiger partial charge in [0.2, 0.25) is 21.8 Å². The summed E-state index contributed by atoms with van der Waals surface area (Å²) in [5, 5.41) is 2.93. The maximum atomic E-state index is 13.4. The van der Waals surface area contributed by atoms with Crippen LogP contribution in [0.5, 0.6) is 11.5 Å². The molecule has 0 heterocycles. The van der Waals surface area contributed by atoms with Crippen molar-refractivity contribution in [2.24, 2.45) is 0 Å². The monoisotopic (exact) mass is 533 g/mol. The molecular weight excluding hydrogens is 494 g/mol. The van der Waals surface area contributed by atoms with E-state index in [1.807, 2.05) is 32.9 Å². The van der Waals surface area contributed by atoms with Gasteiger partial charge in [0.05, 0.1) is 26.2 Å². The molecule has 2 amide bonds. The highest BCUT2D eigenvalue weighted by Crippen LogP contribution is 2.29. The van der Waals surface area contributed by atoms with Crippen molar-refractivity contribution in [3.05, 3.63) is 54.1 Å². The predicted molar refractivity (Wildman–Crippen MR) is 145 cm³/mol. The van der Waals surface area contributed by atoms with Gasteiger partial charge in [0, 0.05) is 25.0 Å². The lowest BCUT2D eigenvalue weighted by molar-refractivity contribution is -0.141. The standard InChI is InChI=1S/C27H39N3O6S/c1-20(26(32)28-27(2,3)4)29(19-21-14-16-22(35-5)17-15-21)25(31)13-10-18-30(37(7,33)34)23-11-8-9-12-24(23)36-6/h8-9,11-12,14-17,20H,10,13,18-19H2,1-7H3,(H,28,32). The van der Waals surface area contributed by atoms with Crippen LogP contribution in [0.15, 0.2) is 48.5 Å². The lowest BCUT2D eigenvalue weighted by atomic mass is 10.1. The summed E-state index contributed by atoms with van der Waals surface area (Å²) in [6.07, 6.45) is 1.44. The van der Waals surface area contributed by atoms with Crippen LogP contribution in [-0.4, -0.2) is 63.7 Å². The van der Waals surface area contributed by atoms with Gasteiger partial charge in [-0.15, -0.1) is 0 Å². The number of carbonyl (C=O) groups is 2. The molecule has 0 aromatic heterocycles. The van der Waals surface area contributed by atoms with Crippen molar-refractivity contribution >= 4 is 27.5 Å². The first kappa shape index (κ1) is 30.0. The second-order valence-corrected chi connectivity index (χ2v) is 11.8. The van der Waals surface area contributed by atoms with Crippen molar-refractivity contribution in [2.75, 3.05) is 31.3 Å². The van der Waals surface area contributed by atoms with Gasteiger partial charge in [0.25, 0.3) is 0 Å². The molecule has 0 aliphatic carbocycles. The molecule has 0 radical (unpaired) electrons. The minimum absolute atomic E-state index is 0.0600. The van der Waals surface area contributed by atoms with E-state index < -0.39 is 21.6 Å². The van der Waals surface area contributed by atoms with E-state index in [-0.39, 0.29) is 37.7 Å². The zero-order valence-corrected chi connectivity index (χ0v) is 23.6. The maximum absolute atomic E-state index is 13.4. The number of carbonyl (C=O) groups excluding carboxylic acids is 2. The fraction of sp³-hybridized carbons (Fsp3) is 0.481. The average molecular weight is 534 g/mol. The van der Waals surface area contributed by atoms with E-state index in [1.54, 1.807) is 50.4 Å². The Morgan fingerprint density at radius 1 is 1.00 bits per heavy atom. The lowest BCUT2D eigenvalue weighted by Gasteiger charge is -2.32. The number of nitrogens with zero attached hydrogens (tertiary/aromatic N) is 2. The van der Waals surface area contributed by atoms with E-state index in [2.05, 4.69) is 5.32 Å². The molecular formula is C27H39N3O6S. The summed E-state index contributed by atoms with van der Waals surface area (Å²) in [6, 6.07) is 13.4. The van der Waals surface area contributed by atoms with E-state index in [0.717, 1.165) is 11.8 Å². The molecule has 0 fully saturated rings. The van der Waals surface area contributed by atoms with Crippen LogP contribution in [0.2, 0.25) is 0 Å². The summed E-state index contributed by atoms with van der Waals surface area (Å²) in [5.74, 6) is 0.604. The number of benzene rings is 2. The second-order valence-electron chi connectivity index (χ2n) is 9.90. The number of amides is 2. The first-order chi connectivity index (χ1) is 17.3. The highest BCUT2D eigenvalue weighted by atomic mass is 32.2. The van der Waals surface area contributed by atoms with Crippen molar-refractivity contribution in [3.63, 3.8) is 0 Å². The van der Waals surface area contributed by atoms with Crippen molar-refractivity contribution in [1.29, 1.82) is 0 Å². The molecule has 2 aromatic carbocycles. The first-order valence-electron chi connectivity index (χ1n) is 12.1. The molecule has 204 valence electrons. The molecule has 0 saturated heterocycles. The van der Waals surface area contributed by atoms with Gasteiger partial charge in [-0.25, -0.2) is 8.42 Å². The van der Waals surface area contributed by atoms with Crippen molar-refractivity contribution in [3.8, 4) is 11.5 Å². The van der Waals surface area contributed by atoms with Gasteiger partial charge in [-0.3, -0.25) is 13.9 Å². The van der Waals surface area contributed by atoms with E-state index >= 15 is 0 Å². The Labute approximate surface area is 220 Å². The molecule has 1 atom stereocenters. The highest BCUT2D eigenvalue weighted by Gasteiger charge is 2.29. The minimum Gasteiger partial charge on any atom is -0.497 e. The lowest BCUT2D eigenvalue weighted by Crippen LogP contribution is -2.52. The second kappa shape index (κ2) is 12.8. The fourth-order valence-corrected chi connectivity index (χ4v) is 4.77. The van der Waals surface area contributed by atoms with Crippen LogP contribution in [0, 0.1) is 0 Å². The molecule has 9 nitrogen and oxygen atoms in total. The summed E-state index contributed by atoms with van der Waals surface area (Å²) in [5.41, 5.74) is 0.801. The van der Waals surface area contributed by atoms with Crippen molar-refractivity contribution < 1.29 is 27.5 Å². The molecule has 0 aliphatic heterocycles. The van der Waals surface area contributed by atoms with Crippen molar-refractivity contribution in [2.45, 2.75) is 58.7 Å². The number of hydrogen-bond donors (Lipinski definition) is 1. The maximum Gasteiger partial charge on any atom is 0.242 e. The molecule has 37 heavy (non-hydrogen) atoms. The van der Waals surface area contributed by atoms with Crippen LogP contribution in [0.4, 0.5) is 5.69 Å². The summed E-state index contributed by atoms with van der Waals surface area (Å²) in [6.45, 7) is 7.65. The molecule has 0 spiro atoms. The molecule has 1 N–H and O–H groups in total. The number of anilines is 1. The number of ether oxygens (including phenoxy) is 2. The van der Waals surface area contributed by atoms with Crippen LogP contribution >= 0.6 is 0 Å². The van der Waals surface area contributed by atoms with Gasteiger partial charge in [-0.05, 0) is 63.9 Å². The Bertz CT molecular complexity index is 1160. The van der Waals surface area contributed by atoms with Gasteiger partial charge >= 0.3 is 0 Å². The zero-order chi connectivity index (χ0) is 27.8. The molecule has 0 aliphatic rings. The molecule has 2 rings (SSSR count). The van der Waals surface area contributed by atoms with Crippen LogP contribution in [0.3, 0.4) is 0 Å². The summed E-state index contributed by atoms with van der Waals surface area (Å²) >= 11 is 0.